The van der Waals surface area contributed by atoms with Crippen molar-refractivity contribution in [2.45, 2.75) is 43.6 Å². The summed E-state index contributed by atoms with van der Waals surface area (Å²) in [6.45, 7) is 0. The molecule has 1 aliphatic carbocycles. The minimum Gasteiger partial charge on any atom is -0.260 e. The smallest absolute Gasteiger partial charge is 0.197 e. The molecule has 94 valence electrons. The molecule has 0 spiro atoms. The predicted octanol–water partition coefficient (Wildman–Crippen LogP) is 2.22. The quantitative estimate of drug-likeness (QED) is 0.826. The summed E-state index contributed by atoms with van der Waals surface area (Å²) in [5.41, 5.74) is 0. The van der Waals surface area contributed by atoms with Gasteiger partial charge in [0.15, 0.2) is 14.9 Å². The molecule has 0 aliphatic heterocycles. The van der Waals surface area contributed by atoms with Gasteiger partial charge in [0, 0.05) is 12.4 Å². The highest BCUT2D eigenvalue weighted by molar-refractivity contribution is 7.91. The van der Waals surface area contributed by atoms with Crippen LogP contribution in [-0.4, -0.2) is 24.1 Å². The molecule has 0 radical (unpaired) electrons. The molecule has 1 aliphatic rings. The van der Waals surface area contributed by atoms with Crippen molar-refractivity contribution in [3.05, 3.63) is 18.6 Å². The van der Waals surface area contributed by atoms with Crippen LogP contribution in [0.3, 0.4) is 0 Å². The maximum Gasteiger partial charge on any atom is 0.197 e. The Hall–Kier alpha value is -0.970. The van der Waals surface area contributed by atoms with Crippen LogP contribution in [0, 0.1) is 5.92 Å². The predicted molar refractivity (Wildman–Crippen MR) is 65.3 cm³/mol. The Morgan fingerprint density at radius 1 is 1.18 bits per heavy atom. The van der Waals surface area contributed by atoms with E-state index in [1.807, 2.05) is 0 Å². The van der Waals surface area contributed by atoms with E-state index < -0.39 is 9.84 Å². The molecule has 0 aromatic carbocycles. The second kappa shape index (κ2) is 5.58. The summed E-state index contributed by atoms with van der Waals surface area (Å²) in [4.78, 5) is 7.67. The van der Waals surface area contributed by atoms with Crippen molar-refractivity contribution in [3.8, 4) is 0 Å². The molecule has 1 heterocycles. The molecule has 0 atom stereocenters. The number of hydrogen-bond donors (Lipinski definition) is 0. The Bertz CT molecular complexity index is 439. The Morgan fingerprint density at radius 2 is 1.94 bits per heavy atom. The number of aromatic nitrogens is 2. The number of rotatable bonds is 4. The molecule has 1 saturated carbocycles. The van der Waals surface area contributed by atoms with Crippen LogP contribution in [0.1, 0.15) is 38.5 Å². The SMILES string of the molecule is O=S(=O)(CCC1CCCCC1)c1cnccn1. The molecule has 1 fully saturated rings. The van der Waals surface area contributed by atoms with Crippen LogP contribution < -0.4 is 0 Å². The van der Waals surface area contributed by atoms with Crippen LogP contribution in [0.5, 0.6) is 0 Å². The topological polar surface area (TPSA) is 59.9 Å². The summed E-state index contributed by atoms with van der Waals surface area (Å²) in [5, 5.41) is 0.107. The van der Waals surface area contributed by atoms with E-state index in [4.69, 9.17) is 0 Å². The fourth-order valence-electron chi connectivity index (χ4n) is 2.35. The lowest BCUT2D eigenvalue weighted by Crippen LogP contribution is -2.15. The normalized spacial score (nSPS) is 18.1. The molecule has 17 heavy (non-hydrogen) atoms. The maximum absolute atomic E-state index is 12.0. The van der Waals surface area contributed by atoms with Crippen LogP contribution in [0.2, 0.25) is 0 Å². The largest absolute Gasteiger partial charge is 0.260 e. The van der Waals surface area contributed by atoms with E-state index in [-0.39, 0.29) is 10.8 Å². The molecule has 4 nitrogen and oxygen atoms in total. The molecule has 0 amide bonds. The van der Waals surface area contributed by atoms with Gasteiger partial charge in [-0.2, -0.15) is 0 Å². The van der Waals surface area contributed by atoms with E-state index in [2.05, 4.69) is 9.97 Å². The Morgan fingerprint density at radius 3 is 2.59 bits per heavy atom. The number of nitrogens with zero attached hydrogens (tertiary/aromatic N) is 2. The second-order valence-corrected chi connectivity index (χ2v) is 6.71. The van der Waals surface area contributed by atoms with Gasteiger partial charge in [0.2, 0.25) is 0 Å². The molecule has 0 N–H and O–H groups in total. The van der Waals surface area contributed by atoms with E-state index >= 15 is 0 Å². The highest BCUT2D eigenvalue weighted by Crippen LogP contribution is 2.27. The van der Waals surface area contributed by atoms with Crippen LogP contribution in [0.25, 0.3) is 0 Å². The lowest BCUT2D eigenvalue weighted by atomic mass is 9.88. The first-order valence-electron chi connectivity index (χ1n) is 6.17. The van der Waals surface area contributed by atoms with Gasteiger partial charge in [-0.3, -0.25) is 4.98 Å². The molecule has 0 unspecified atom stereocenters. The molecule has 0 bridgehead atoms. The lowest BCUT2D eigenvalue weighted by molar-refractivity contribution is 0.350. The molecule has 5 heteroatoms. The molecule has 1 aromatic heterocycles. The third kappa shape index (κ3) is 3.49. The number of sulfone groups is 1. The highest BCUT2D eigenvalue weighted by atomic mass is 32.2. The Balaban J connectivity index is 1.94. The van der Waals surface area contributed by atoms with E-state index in [1.54, 1.807) is 0 Å². The third-order valence-electron chi connectivity index (χ3n) is 3.38. The van der Waals surface area contributed by atoms with Crippen molar-refractivity contribution in [1.82, 2.24) is 9.97 Å². The van der Waals surface area contributed by atoms with Crippen molar-refractivity contribution in [1.29, 1.82) is 0 Å². The van der Waals surface area contributed by atoms with Gasteiger partial charge in [0.25, 0.3) is 0 Å². The van der Waals surface area contributed by atoms with Crippen molar-refractivity contribution in [2.75, 3.05) is 5.75 Å². The Labute approximate surface area is 102 Å². The van der Waals surface area contributed by atoms with Gasteiger partial charge in [-0.15, -0.1) is 0 Å². The average molecular weight is 254 g/mol. The van der Waals surface area contributed by atoms with E-state index in [9.17, 15) is 8.42 Å². The van der Waals surface area contributed by atoms with Crippen LogP contribution in [0.4, 0.5) is 0 Å². The van der Waals surface area contributed by atoms with Crippen LogP contribution in [-0.2, 0) is 9.84 Å². The van der Waals surface area contributed by atoms with E-state index in [0.717, 1.165) is 6.42 Å². The minimum atomic E-state index is -3.23. The van der Waals surface area contributed by atoms with Crippen molar-refractivity contribution in [3.63, 3.8) is 0 Å². The first-order chi connectivity index (χ1) is 8.18. The van der Waals surface area contributed by atoms with Gasteiger partial charge in [0.05, 0.1) is 11.9 Å². The fraction of sp³-hybridized carbons (Fsp3) is 0.667. The zero-order valence-corrected chi connectivity index (χ0v) is 10.7. The summed E-state index contributed by atoms with van der Waals surface area (Å²) in [5.74, 6) is 0.784. The molecular weight excluding hydrogens is 236 g/mol. The first-order valence-corrected chi connectivity index (χ1v) is 7.82. The zero-order valence-electron chi connectivity index (χ0n) is 9.88. The minimum absolute atomic E-state index is 0.107. The van der Waals surface area contributed by atoms with Crippen molar-refractivity contribution >= 4 is 9.84 Å². The molecule has 0 saturated heterocycles. The standard InChI is InChI=1S/C12H18N2O2S/c15-17(16,12-10-13-7-8-14-12)9-6-11-4-2-1-3-5-11/h7-8,10-11H,1-6,9H2. The van der Waals surface area contributed by atoms with Gasteiger partial charge in [-0.1, -0.05) is 32.1 Å². The van der Waals surface area contributed by atoms with Gasteiger partial charge >= 0.3 is 0 Å². The maximum atomic E-state index is 12.0. The van der Waals surface area contributed by atoms with Gasteiger partial charge in [-0.05, 0) is 12.3 Å². The fourth-order valence-corrected chi connectivity index (χ4v) is 3.64. The monoisotopic (exact) mass is 254 g/mol. The van der Waals surface area contributed by atoms with Gasteiger partial charge in [0.1, 0.15) is 0 Å². The van der Waals surface area contributed by atoms with Crippen molar-refractivity contribution in [2.24, 2.45) is 5.92 Å². The number of hydrogen-bond acceptors (Lipinski definition) is 4. The summed E-state index contributed by atoms with van der Waals surface area (Å²) in [7, 11) is -3.23. The van der Waals surface area contributed by atoms with E-state index in [1.165, 1.54) is 50.7 Å². The molecule has 2 rings (SSSR count). The third-order valence-corrected chi connectivity index (χ3v) is 5.00. The first kappa shape index (κ1) is 12.5. The molecular formula is C12H18N2O2S. The molecule has 1 aromatic rings. The van der Waals surface area contributed by atoms with Crippen LogP contribution in [0.15, 0.2) is 23.6 Å². The van der Waals surface area contributed by atoms with Crippen LogP contribution >= 0.6 is 0 Å². The Kier molecular flexibility index (Phi) is 4.10. The average Bonchev–Trinajstić information content (AvgIpc) is 2.39. The summed E-state index contributed by atoms with van der Waals surface area (Å²) in [6, 6.07) is 0. The summed E-state index contributed by atoms with van der Waals surface area (Å²) in [6.07, 6.45) is 11.1. The van der Waals surface area contributed by atoms with E-state index in [0.29, 0.717) is 5.92 Å². The van der Waals surface area contributed by atoms with Gasteiger partial charge < -0.3 is 0 Å². The highest BCUT2D eigenvalue weighted by Gasteiger charge is 2.20. The van der Waals surface area contributed by atoms with Crippen molar-refractivity contribution < 1.29 is 8.42 Å². The summed E-state index contributed by atoms with van der Waals surface area (Å²) < 4.78 is 23.9. The zero-order chi connectivity index (χ0) is 12.1. The second-order valence-electron chi connectivity index (χ2n) is 4.66. The summed E-state index contributed by atoms with van der Waals surface area (Å²) >= 11 is 0. The lowest BCUT2D eigenvalue weighted by Gasteiger charge is -2.20. The van der Waals surface area contributed by atoms with Gasteiger partial charge in [-0.25, -0.2) is 13.4 Å².